The van der Waals surface area contributed by atoms with Crippen LogP contribution in [0.4, 0.5) is 11.4 Å². The first-order valence-electron chi connectivity index (χ1n) is 5.33. The Hall–Kier alpha value is -3.23. The zero-order valence-electron chi connectivity index (χ0n) is 11.0. The molecular weight excluding hydrogens is 344 g/mol. The Morgan fingerprint density at radius 1 is 0.913 bits per heavy atom. The number of sulfone groups is 1. The van der Waals surface area contributed by atoms with Gasteiger partial charge in [0.25, 0.3) is 11.4 Å². The van der Waals surface area contributed by atoms with Crippen LogP contribution in [-0.4, -0.2) is 33.1 Å². The number of nitrogens with zero attached hydrogens (tertiary/aromatic N) is 4. The number of rotatable bonds is 6. The molecule has 15 heteroatoms. The van der Waals surface area contributed by atoms with E-state index in [2.05, 4.69) is 0 Å². The van der Waals surface area contributed by atoms with E-state index in [4.69, 9.17) is 0 Å². The van der Waals surface area contributed by atoms with E-state index in [1.165, 1.54) is 0 Å². The predicted octanol–water partition coefficient (Wildman–Crippen LogP) is 0.504. The van der Waals surface area contributed by atoms with E-state index in [1.807, 2.05) is 0 Å². The van der Waals surface area contributed by atoms with Crippen molar-refractivity contribution >= 4 is 21.2 Å². The van der Waals surface area contributed by atoms with Gasteiger partial charge in [0, 0.05) is 6.07 Å². The molecular formula is C8H6N4O10S. The highest BCUT2D eigenvalue weighted by atomic mass is 32.2. The van der Waals surface area contributed by atoms with E-state index in [-0.39, 0.29) is 13.0 Å². The standard InChI is InChI=1S/C8H6N4O10S/c1-8(11(17)18,12(19)20)23(21,22)7-3-2-5(9(13)14)4-6(7)10(15)16/h2-4H,1H3. The molecule has 0 heterocycles. The molecule has 0 radical (unpaired) electrons. The highest BCUT2D eigenvalue weighted by molar-refractivity contribution is 7.92. The van der Waals surface area contributed by atoms with Gasteiger partial charge in [-0.25, -0.2) is 8.42 Å². The van der Waals surface area contributed by atoms with Gasteiger partial charge < -0.3 is 0 Å². The summed E-state index contributed by atoms with van der Waals surface area (Å²) in [6.07, 6.45) is 0. The van der Waals surface area contributed by atoms with Crippen molar-refractivity contribution in [3.05, 3.63) is 58.7 Å². The number of benzene rings is 1. The molecule has 0 unspecified atom stereocenters. The van der Waals surface area contributed by atoms with Gasteiger partial charge >= 0.3 is 14.8 Å². The lowest BCUT2D eigenvalue weighted by molar-refractivity contribution is -0.759. The molecule has 0 saturated carbocycles. The summed E-state index contributed by atoms with van der Waals surface area (Å²) in [7, 11) is -5.48. The fraction of sp³-hybridized carbons (Fsp3) is 0.250. The summed E-state index contributed by atoms with van der Waals surface area (Å²) < 4.78 is 24.4. The van der Waals surface area contributed by atoms with Crippen LogP contribution in [0, 0.1) is 40.5 Å². The van der Waals surface area contributed by atoms with Gasteiger partial charge in [-0.15, -0.1) is 0 Å². The van der Waals surface area contributed by atoms with Crippen LogP contribution in [0.1, 0.15) is 6.92 Å². The fourth-order valence-corrected chi connectivity index (χ4v) is 2.93. The third-order valence-corrected chi connectivity index (χ3v) is 5.07. The molecule has 14 nitrogen and oxygen atoms in total. The Morgan fingerprint density at radius 2 is 1.39 bits per heavy atom. The van der Waals surface area contributed by atoms with Crippen LogP contribution >= 0.6 is 0 Å². The van der Waals surface area contributed by atoms with Crippen molar-refractivity contribution in [3.63, 3.8) is 0 Å². The SMILES string of the molecule is CC([N+](=O)[O-])([N+](=O)[O-])S(=O)(=O)c1ccc([N+](=O)[O-])cc1[N+](=O)[O-]. The summed E-state index contributed by atoms with van der Waals surface area (Å²) >= 11 is 0. The molecule has 0 aliphatic heterocycles. The molecule has 0 bridgehead atoms. The summed E-state index contributed by atoms with van der Waals surface area (Å²) in [5.41, 5.74) is -2.24. The van der Waals surface area contributed by atoms with Crippen LogP contribution in [0.25, 0.3) is 0 Å². The molecule has 1 aromatic rings. The first-order valence-corrected chi connectivity index (χ1v) is 6.82. The van der Waals surface area contributed by atoms with Crippen molar-refractivity contribution in [2.24, 2.45) is 0 Å². The van der Waals surface area contributed by atoms with E-state index >= 15 is 0 Å². The third-order valence-electron chi connectivity index (χ3n) is 2.83. The van der Waals surface area contributed by atoms with Crippen LogP contribution in [0.3, 0.4) is 0 Å². The monoisotopic (exact) mass is 350 g/mol. The van der Waals surface area contributed by atoms with Crippen molar-refractivity contribution in [2.75, 3.05) is 0 Å². The molecule has 0 saturated heterocycles. The molecule has 0 atom stereocenters. The van der Waals surface area contributed by atoms with E-state index in [1.54, 1.807) is 0 Å². The summed E-state index contributed by atoms with van der Waals surface area (Å²) in [6, 6.07) is 1.12. The number of non-ortho nitro benzene ring substituents is 1. The van der Waals surface area contributed by atoms with Crippen LogP contribution in [0.5, 0.6) is 0 Å². The molecule has 0 aliphatic rings. The second-order valence-electron chi connectivity index (χ2n) is 4.12. The minimum absolute atomic E-state index is 0.146. The van der Waals surface area contributed by atoms with Crippen molar-refractivity contribution in [2.45, 2.75) is 16.8 Å². The fourth-order valence-electron chi connectivity index (χ4n) is 1.46. The topological polar surface area (TPSA) is 207 Å². The van der Waals surface area contributed by atoms with E-state index in [0.29, 0.717) is 12.1 Å². The molecule has 23 heavy (non-hydrogen) atoms. The number of nitro groups is 4. The summed E-state index contributed by atoms with van der Waals surface area (Å²) in [5, 5.41) is 43.1. The van der Waals surface area contributed by atoms with Crippen molar-refractivity contribution in [1.82, 2.24) is 0 Å². The lowest BCUT2D eigenvalue weighted by Crippen LogP contribution is -2.50. The number of hydrogen-bond acceptors (Lipinski definition) is 10. The molecule has 0 fully saturated rings. The van der Waals surface area contributed by atoms with Gasteiger partial charge in [-0.2, -0.15) is 0 Å². The van der Waals surface area contributed by atoms with Gasteiger partial charge in [0.05, 0.1) is 22.8 Å². The Balaban J connectivity index is 3.81. The summed E-state index contributed by atoms with van der Waals surface area (Å²) in [4.78, 5) is 32.1. The second kappa shape index (κ2) is 5.52. The zero-order valence-corrected chi connectivity index (χ0v) is 11.8. The van der Waals surface area contributed by atoms with Crippen molar-refractivity contribution in [3.8, 4) is 0 Å². The van der Waals surface area contributed by atoms with Crippen LogP contribution < -0.4 is 0 Å². The van der Waals surface area contributed by atoms with Crippen LogP contribution in [0.15, 0.2) is 23.1 Å². The van der Waals surface area contributed by atoms with Crippen LogP contribution in [-0.2, 0) is 9.84 Å². The van der Waals surface area contributed by atoms with Crippen molar-refractivity contribution < 1.29 is 28.1 Å². The maximum Gasteiger partial charge on any atom is 0.557 e. The molecule has 1 aromatic carbocycles. The van der Waals surface area contributed by atoms with Gasteiger partial charge in [0.1, 0.15) is 9.85 Å². The van der Waals surface area contributed by atoms with E-state index < -0.39 is 50.8 Å². The lowest BCUT2D eigenvalue weighted by atomic mass is 10.3. The summed E-state index contributed by atoms with van der Waals surface area (Å²) in [5.74, 6) is 0. The van der Waals surface area contributed by atoms with Crippen molar-refractivity contribution in [1.29, 1.82) is 0 Å². The molecule has 124 valence electrons. The third kappa shape index (κ3) is 2.63. The largest absolute Gasteiger partial charge is 0.557 e. The first-order chi connectivity index (χ1) is 10.4. The maximum absolute atomic E-state index is 12.2. The normalized spacial score (nSPS) is 11.7. The predicted molar refractivity (Wildman–Crippen MR) is 69.3 cm³/mol. The average Bonchev–Trinajstić information content (AvgIpc) is 2.44. The Labute approximate surface area is 125 Å². The van der Waals surface area contributed by atoms with Gasteiger partial charge in [-0.1, -0.05) is 0 Å². The minimum Gasteiger partial charge on any atom is -0.258 e. The van der Waals surface area contributed by atoms with E-state index in [0.717, 1.165) is 0 Å². The molecule has 0 aliphatic carbocycles. The Bertz CT molecular complexity index is 817. The average molecular weight is 350 g/mol. The number of hydrogen-bond donors (Lipinski definition) is 0. The maximum atomic E-state index is 12.2. The molecule has 0 amide bonds. The van der Waals surface area contributed by atoms with Gasteiger partial charge in [-0.3, -0.25) is 40.5 Å². The Morgan fingerprint density at radius 3 is 1.74 bits per heavy atom. The molecule has 0 spiro atoms. The molecule has 1 rings (SSSR count). The van der Waals surface area contributed by atoms with Gasteiger partial charge in [-0.05, 0) is 6.07 Å². The van der Waals surface area contributed by atoms with Gasteiger partial charge in [0.15, 0.2) is 4.90 Å². The van der Waals surface area contributed by atoms with Gasteiger partial charge in [0.2, 0.25) is 0 Å². The van der Waals surface area contributed by atoms with E-state index in [9.17, 15) is 48.9 Å². The second-order valence-corrected chi connectivity index (χ2v) is 6.34. The smallest absolute Gasteiger partial charge is 0.258 e. The number of nitro benzene ring substituents is 2. The van der Waals surface area contributed by atoms with Crippen LogP contribution in [0.2, 0.25) is 0 Å². The zero-order chi connectivity index (χ0) is 18.2. The molecule has 0 aromatic heterocycles. The highest BCUT2D eigenvalue weighted by Gasteiger charge is 2.66. The highest BCUT2D eigenvalue weighted by Crippen LogP contribution is 2.35. The minimum atomic E-state index is -5.48. The Kier molecular flexibility index (Phi) is 4.28. The quantitative estimate of drug-likeness (QED) is 0.394. The molecule has 0 N–H and O–H groups in total. The first kappa shape index (κ1) is 17.8. The lowest BCUT2D eigenvalue weighted by Gasteiger charge is -2.13. The summed E-state index contributed by atoms with van der Waals surface area (Å²) in [6.45, 7) is 0.146.